The standard InChI is InChI=1S/C12H14BrFO2/c13-6-10-3-4-12(11(14)5-10)16-8-15-7-9-1-2-9/h3-5,9H,1-2,6-8H2. The third-order valence-corrected chi connectivity index (χ3v) is 3.15. The number of hydrogen-bond acceptors (Lipinski definition) is 2. The van der Waals surface area contributed by atoms with Crippen molar-refractivity contribution in [3.63, 3.8) is 0 Å². The minimum atomic E-state index is -0.341. The van der Waals surface area contributed by atoms with E-state index in [9.17, 15) is 4.39 Å². The molecule has 0 radical (unpaired) electrons. The lowest BCUT2D eigenvalue weighted by atomic mass is 10.2. The summed E-state index contributed by atoms with van der Waals surface area (Å²) in [6, 6.07) is 4.92. The van der Waals surface area contributed by atoms with Crippen molar-refractivity contribution in [1.29, 1.82) is 0 Å². The molecule has 88 valence electrons. The van der Waals surface area contributed by atoms with E-state index in [2.05, 4.69) is 15.9 Å². The summed E-state index contributed by atoms with van der Waals surface area (Å²) in [6.07, 6.45) is 2.49. The Morgan fingerprint density at radius 1 is 1.38 bits per heavy atom. The fraction of sp³-hybridized carbons (Fsp3) is 0.500. The van der Waals surface area contributed by atoms with Crippen LogP contribution in [0.3, 0.4) is 0 Å². The van der Waals surface area contributed by atoms with Crippen molar-refractivity contribution in [2.45, 2.75) is 18.2 Å². The molecule has 2 nitrogen and oxygen atoms in total. The Hall–Kier alpha value is -0.610. The third kappa shape index (κ3) is 3.46. The van der Waals surface area contributed by atoms with Crippen molar-refractivity contribution in [2.75, 3.05) is 13.4 Å². The van der Waals surface area contributed by atoms with Gasteiger partial charge in [-0.3, -0.25) is 0 Å². The molecule has 0 N–H and O–H groups in total. The second-order valence-electron chi connectivity index (χ2n) is 3.97. The van der Waals surface area contributed by atoms with Crippen LogP contribution in [0.25, 0.3) is 0 Å². The number of rotatable bonds is 6. The van der Waals surface area contributed by atoms with Gasteiger partial charge in [-0.05, 0) is 36.5 Å². The highest BCUT2D eigenvalue weighted by Gasteiger charge is 2.21. The lowest BCUT2D eigenvalue weighted by Gasteiger charge is -2.08. The van der Waals surface area contributed by atoms with Crippen LogP contribution < -0.4 is 4.74 Å². The number of hydrogen-bond donors (Lipinski definition) is 0. The van der Waals surface area contributed by atoms with Crippen molar-refractivity contribution < 1.29 is 13.9 Å². The number of halogens is 2. The van der Waals surface area contributed by atoms with E-state index in [1.807, 2.05) is 6.07 Å². The summed E-state index contributed by atoms with van der Waals surface area (Å²) in [5, 5.41) is 0.641. The molecule has 0 bridgehead atoms. The van der Waals surface area contributed by atoms with E-state index in [4.69, 9.17) is 9.47 Å². The molecule has 0 heterocycles. The van der Waals surface area contributed by atoms with Crippen LogP contribution in [0.4, 0.5) is 4.39 Å². The Labute approximate surface area is 103 Å². The van der Waals surface area contributed by atoms with Gasteiger partial charge in [-0.2, -0.15) is 0 Å². The maximum atomic E-state index is 13.4. The molecule has 16 heavy (non-hydrogen) atoms. The number of benzene rings is 1. The second-order valence-corrected chi connectivity index (χ2v) is 4.54. The summed E-state index contributed by atoms with van der Waals surface area (Å²) in [6.45, 7) is 0.849. The molecule has 0 saturated heterocycles. The van der Waals surface area contributed by atoms with Gasteiger partial charge in [0.25, 0.3) is 0 Å². The van der Waals surface area contributed by atoms with Gasteiger partial charge in [-0.1, -0.05) is 22.0 Å². The second kappa shape index (κ2) is 5.64. The van der Waals surface area contributed by atoms with E-state index in [1.165, 1.54) is 18.9 Å². The Balaban J connectivity index is 1.78. The summed E-state index contributed by atoms with van der Waals surface area (Å²) in [7, 11) is 0. The highest BCUT2D eigenvalue weighted by Crippen LogP contribution is 2.28. The minimum Gasteiger partial charge on any atom is -0.464 e. The molecule has 1 aliphatic carbocycles. The van der Waals surface area contributed by atoms with Crippen LogP contribution in [0.5, 0.6) is 5.75 Å². The number of alkyl halides is 1. The SMILES string of the molecule is Fc1cc(CBr)ccc1OCOCC1CC1. The maximum absolute atomic E-state index is 13.4. The molecule has 4 heteroatoms. The van der Waals surface area contributed by atoms with Crippen LogP contribution in [0, 0.1) is 11.7 Å². The average molecular weight is 289 g/mol. The van der Waals surface area contributed by atoms with Gasteiger partial charge in [0.1, 0.15) is 0 Å². The fourth-order valence-electron chi connectivity index (χ4n) is 1.35. The predicted molar refractivity (Wildman–Crippen MR) is 63.2 cm³/mol. The highest BCUT2D eigenvalue weighted by atomic mass is 79.9. The summed E-state index contributed by atoms with van der Waals surface area (Å²) < 4.78 is 23.9. The summed E-state index contributed by atoms with van der Waals surface area (Å²) >= 11 is 3.27. The lowest BCUT2D eigenvalue weighted by molar-refractivity contribution is 0.00792. The van der Waals surface area contributed by atoms with Crippen LogP contribution in [-0.2, 0) is 10.1 Å². The van der Waals surface area contributed by atoms with E-state index >= 15 is 0 Å². The molecule has 0 amide bonds. The zero-order valence-corrected chi connectivity index (χ0v) is 10.5. The molecular formula is C12H14BrFO2. The molecule has 0 atom stereocenters. The quantitative estimate of drug-likeness (QED) is 0.453. The molecular weight excluding hydrogens is 275 g/mol. The summed E-state index contributed by atoms with van der Waals surface area (Å²) in [4.78, 5) is 0. The zero-order valence-electron chi connectivity index (χ0n) is 8.92. The van der Waals surface area contributed by atoms with E-state index < -0.39 is 0 Å². The van der Waals surface area contributed by atoms with Gasteiger partial charge in [0.15, 0.2) is 18.4 Å². The van der Waals surface area contributed by atoms with Gasteiger partial charge in [0, 0.05) is 5.33 Å². The Morgan fingerprint density at radius 2 is 2.19 bits per heavy atom. The third-order valence-electron chi connectivity index (χ3n) is 2.50. The van der Waals surface area contributed by atoms with Crippen LogP contribution in [0.15, 0.2) is 18.2 Å². The van der Waals surface area contributed by atoms with Crippen molar-refractivity contribution in [2.24, 2.45) is 5.92 Å². The van der Waals surface area contributed by atoms with Gasteiger partial charge in [-0.15, -0.1) is 0 Å². The van der Waals surface area contributed by atoms with E-state index in [-0.39, 0.29) is 18.4 Å². The predicted octanol–water partition coefficient (Wildman–Crippen LogP) is 3.48. The van der Waals surface area contributed by atoms with Gasteiger partial charge in [0.05, 0.1) is 6.61 Å². The summed E-state index contributed by atoms with van der Waals surface area (Å²) in [5.41, 5.74) is 0.892. The fourth-order valence-corrected chi connectivity index (χ4v) is 1.70. The highest BCUT2D eigenvalue weighted by molar-refractivity contribution is 9.08. The molecule has 1 saturated carbocycles. The molecule has 1 aromatic rings. The van der Waals surface area contributed by atoms with Crippen LogP contribution in [-0.4, -0.2) is 13.4 Å². The Kier molecular flexibility index (Phi) is 4.18. The molecule has 1 aliphatic rings. The molecule has 0 aromatic heterocycles. The van der Waals surface area contributed by atoms with Crippen molar-refractivity contribution in [3.05, 3.63) is 29.6 Å². The first-order valence-electron chi connectivity index (χ1n) is 5.34. The first-order valence-corrected chi connectivity index (χ1v) is 6.46. The van der Waals surface area contributed by atoms with Gasteiger partial charge < -0.3 is 9.47 Å². The van der Waals surface area contributed by atoms with E-state index in [0.717, 1.165) is 12.2 Å². The van der Waals surface area contributed by atoms with E-state index in [0.29, 0.717) is 11.2 Å². The molecule has 1 aromatic carbocycles. The average Bonchev–Trinajstić information content (AvgIpc) is 3.10. The van der Waals surface area contributed by atoms with Crippen molar-refractivity contribution in [1.82, 2.24) is 0 Å². The smallest absolute Gasteiger partial charge is 0.189 e. The van der Waals surface area contributed by atoms with Gasteiger partial charge in [-0.25, -0.2) is 4.39 Å². The summed E-state index contributed by atoms with van der Waals surface area (Å²) in [5.74, 6) is 0.608. The van der Waals surface area contributed by atoms with Crippen LogP contribution in [0.1, 0.15) is 18.4 Å². The van der Waals surface area contributed by atoms with Crippen LogP contribution in [0.2, 0.25) is 0 Å². The monoisotopic (exact) mass is 288 g/mol. The Bertz CT molecular complexity index is 353. The topological polar surface area (TPSA) is 18.5 Å². The lowest BCUT2D eigenvalue weighted by Crippen LogP contribution is -2.06. The molecule has 1 fully saturated rings. The molecule has 0 spiro atoms. The largest absolute Gasteiger partial charge is 0.464 e. The molecule has 0 aliphatic heterocycles. The molecule has 2 rings (SSSR count). The first-order chi connectivity index (χ1) is 7.79. The molecule has 0 unspecified atom stereocenters. The maximum Gasteiger partial charge on any atom is 0.189 e. The van der Waals surface area contributed by atoms with E-state index in [1.54, 1.807) is 6.07 Å². The normalized spacial score (nSPS) is 15.1. The number of ether oxygens (including phenoxy) is 2. The van der Waals surface area contributed by atoms with Crippen molar-refractivity contribution >= 4 is 15.9 Å². The first kappa shape index (κ1) is 11.9. The van der Waals surface area contributed by atoms with Crippen molar-refractivity contribution in [3.8, 4) is 5.75 Å². The zero-order chi connectivity index (χ0) is 11.4. The van der Waals surface area contributed by atoms with Gasteiger partial charge in [0.2, 0.25) is 0 Å². The minimum absolute atomic E-state index is 0.126. The van der Waals surface area contributed by atoms with Gasteiger partial charge >= 0.3 is 0 Å². The van der Waals surface area contributed by atoms with Crippen LogP contribution >= 0.6 is 15.9 Å². The Morgan fingerprint density at radius 3 is 2.81 bits per heavy atom.